The molecule has 19 heavy (non-hydrogen) atoms. The fraction of sp³-hybridized carbons (Fsp3) is 0.538. The first-order chi connectivity index (χ1) is 8.89. The van der Waals surface area contributed by atoms with Crippen LogP contribution in [0.3, 0.4) is 0 Å². The van der Waals surface area contributed by atoms with Crippen molar-refractivity contribution in [1.29, 1.82) is 0 Å². The molecule has 5 N–H and O–H groups in total. The number of nitrogens with one attached hydrogen (secondary N) is 1. The van der Waals surface area contributed by atoms with Crippen molar-refractivity contribution >= 4 is 21.4 Å². The molecule has 0 aromatic heterocycles. The van der Waals surface area contributed by atoms with Crippen LogP contribution in [0.25, 0.3) is 0 Å². The summed E-state index contributed by atoms with van der Waals surface area (Å²) in [6.45, 7) is 3.07. The van der Waals surface area contributed by atoms with Gasteiger partial charge in [-0.25, -0.2) is 13.6 Å². The van der Waals surface area contributed by atoms with E-state index >= 15 is 0 Å². The molecule has 0 saturated heterocycles. The van der Waals surface area contributed by atoms with Crippen molar-refractivity contribution in [2.75, 3.05) is 17.6 Å². The van der Waals surface area contributed by atoms with E-state index in [1.807, 2.05) is 0 Å². The largest absolute Gasteiger partial charge is 0.396 e. The standard InChI is InChI=1S/C13H21N3O2S/c1-9-4-2-5-10(9)8-16-11-6-3-7-12(13(11)14)19(15,17)18/h3,6-7,9-10,16H,2,4-5,8,14H2,1H3,(H2,15,17,18). The summed E-state index contributed by atoms with van der Waals surface area (Å²) in [6.07, 6.45) is 3.74. The molecule has 0 aliphatic heterocycles. The van der Waals surface area contributed by atoms with Gasteiger partial charge in [-0.3, -0.25) is 0 Å². The van der Waals surface area contributed by atoms with Crippen molar-refractivity contribution < 1.29 is 8.42 Å². The Labute approximate surface area is 114 Å². The Hall–Kier alpha value is -1.27. The van der Waals surface area contributed by atoms with Crippen molar-refractivity contribution in [3.8, 4) is 0 Å². The molecule has 1 aliphatic rings. The molecule has 0 bridgehead atoms. The lowest BCUT2D eigenvalue weighted by atomic mass is 9.98. The quantitative estimate of drug-likeness (QED) is 0.733. The lowest BCUT2D eigenvalue weighted by Crippen LogP contribution is -2.19. The summed E-state index contributed by atoms with van der Waals surface area (Å²) in [5.74, 6) is 1.33. The number of benzene rings is 1. The molecule has 0 heterocycles. The molecule has 1 aliphatic carbocycles. The highest BCUT2D eigenvalue weighted by Gasteiger charge is 2.23. The Kier molecular flexibility index (Phi) is 4.01. The van der Waals surface area contributed by atoms with Gasteiger partial charge in [0.1, 0.15) is 4.90 Å². The molecule has 6 heteroatoms. The van der Waals surface area contributed by atoms with E-state index in [1.165, 1.54) is 25.3 Å². The zero-order valence-corrected chi connectivity index (χ0v) is 11.9. The maximum Gasteiger partial charge on any atom is 0.240 e. The van der Waals surface area contributed by atoms with Crippen molar-refractivity contribution in [1.82, 2.24) is 0 Å². The second kappa shape index (κ2) is 5.38. The predicted octanol–water partition coefficient (Wildman–Crippen LogP) is 1.76. The Balaban J connectivity index is 2.13. The molecule has 0 spiro atoms. The number of hydrogen-bond acceptors (Lipinski definition) is 4. The summed E-state index contributed by atoms with van der Waals surface area (Å²) < 4.78 is 22.8. The lowest BCUT2D eigenvalue weighted by molar-refractivity contribution is 0.440. The average Bonchev–Trinajstić information content (AvgIpc) is 2.72. The summed E-state index contributed by atoms with van der Waals surface area (Å²) in [5, 5.41) is 8.38. The van der Waals surface area contributed by atoms with Gasteiger partial charge in [-0.2, -0.15) is 0 Å². The van der Waals surface area contributed by atoms with E-state index in [4.69, 9.17) is 10.9 Å². The topological polar surface area (TPSA) is 98.2 Å². The average molecular weight is 283 g/mol. The van der Waals surface area contributed by atoms with Crippen molar-refractivity contribution in [2.24, 2.45) is 17.0 Å². The van der Waals surface area contributed by atoms with E-state index in [0.717, 1.165) is 6.54 Å². The number of para-hydroxylation sites is 1. The molecule has 2 unspecified atom stereocenters. The molecule has 0 amide bonds. The third-order valence-electron chi connectivity index (χ3n) is 3.97. The number of rotatable bonds is 4. The molecule has 2 rings (SSSR count). The van der Waals surface area contributed by atoms with E-state index in [2.05, 4.69) is 12.2 Å². The Bertz CT molecular complexity index is 557. The van der Waals surface area contributed by atoms with Gasteiger partial charge in [0.2, 0.25) is 10.0 Å². The smallest absolute Gasteiger partial charge is 0.240 e. The van der Waals surface area contributed by atoms with Crippen LogP contribution in [0.5, 0.6) is 0 Å². The van der Waals surface area contributed by atoms with Crippen molar-refractivity contribution in [2.45, 2.75) is 31.1 Å². The first kappa shape index (κ1) is 14.1. The van der Waals surface area contributed by atoms with E-state index in [0.29, 0.717) is 17.5 Å². The highest BCUT2D eigenvalue weighted by molar-refractivity contribution is 7.89. The maximum absolute atomic E-state index is 11.4. The third kappa shape index (κ3) is 3.19. The normalized spacial score (nSPS) is 23.5. The van der Waals surface area contributed by atoms with Crippen LogP contribution in [-0.4, -0.2) is 15.0 Å². The van der Waals surface area contributed by atoms with Crippen LogP contribution < -0.4 is 16.2 Å². The number of nitrogens with two attached hydrogens (primary N) is 2. The molecular formula is C13H21N3O2S. The molecule has 1 aromatic carbocycles. The van der Waals surface area contributed by atoms with Crippen molar-refractivity contribution in [3.05, 3.63) is 18.2 Å². The van der Waals surface area contributed by atoms with Gasteiger partial charge in [-0.15, -0.1) is 0 Å². The van der Waals surface area contributed by atoms with E-state index in [9.17, 15) is 8.42 Å². The van der Waals surface area contributed by atoms with Gasteiger partial charge in [-0.05, 0) is 30.4 Å². The third-order valence-corrected chi connectivity index (χ3v) is 4.94. The second-order valence-electron chi connectivity index (χ2n) is 5.31. The molecular weight excluding hydrogens is 262 g/mol. The molecule has 106 valence electrons. The first-order valence-corrected chi connectivity index (χ1v) is 8.09. The van der Waals surface area contributed by atoms with Crippen LogP contribution in [0, 0.1) is 11.8 Å². The van der Waals surface area contributed by atoms with Crippen LogP contribution in [0.4, 0.5) is 11.4 Å². The molecule has 1 aromatic rings. The summed E-state index contributed by atoms with van der Waals surface area (Å²) in [5.41, 5.74) is 6.72. The van der Waals surface area contributed by atoms with Crippen molar-refractivity contribution in [3.63, 3.8) is 0 Å². The van der Waals surface area contributed by atoms with Gasteiger partial charge in [0.25, 0.3) is 0 Å². The Morgan fingerprint density at radius 2 is 2.11 bits per heavy atom. The van der Waals surface area contributed by atoms with E-state index in [1.54, 1.807) is 12.1 Å². The number of anilines is 2. The van der Waals surface area contributed by atoms with Crippen LogP contribution in [0.1, 0.15) is 26.2 Å². The minimum absolute atomic E-state index is 0.0167. The van der Waals surface area contributed by atoms with Gasteiger partial charge >= 0.3 is 0 Å². The molecule has 1 fully saturated rings. The van der Waals surface area contributed by atoms with Gasteiger partial charge in [0, 0.05) is 6.54 Å². The lowest BCUT2D eigenvalue weighted by Gasteiger charge is -2.18. The zero-order chi connectivity index (χ0) is 14.0. The van der Waals surface area contributed by atoms with Gasteiger partial charge in [-0.1, -0.05) is 25.8 Å². The number of primary sulfonamides is 1. The van der Waals surface area contributed by atoms with Crippen LogP contribution in [0.2, 0.25) is 0 Å². The van der Waals surface area contributed by atoms with Gasteiger partial charge in [0.05, 0.1) is 11.4 Å². The minimum Gasteiger partial charge on any atom is -0.396 e. The summed E-state index contributed by atoms with van der Waals surface area (Å²) >= 11 is 0. The predicted molar refractivity (Wildman–Crippen MR) is 77.2 cm³/mol. The molecule has 0 radical (unpaired) electrons. The van der Waals surface area contributed by atoms with Crippen LogP contribution >= 0.6 is 0 Å². The Morgan fingerprint density at radius 3 is 2.68 bits per heavy atom. The van der Waals surface area contributed by atoms with Gasteiger partial charge < -0.3 is 11.1 Å². The number of sulfonamides is 1. The minimum atomic E-state index is -3.77. The fourth-order valence-corrected chi connectivity index (χ4v) is 3.40. The first-order valence-electron chi connectivity index (χ1n) is 6.54. The molecule has 1 saturated carbocycles. The molecule has 5 nitrogen and oxygen atoms in total. The van der Waals surface area contributed by atoms with E-state index in [-0.39, 0.29) is 10.6 Å². The summed E-state index contributed by atoms with van der Waals surface area (Å²) in [7, 11) is -3.77. The maximum atomic E-state index is 11.4. The summed E-state index contributed by atoms with van der Waals surface area (Å²) in [6, 6.07) is 4.86. The SMILES string of the molecule is CC1CCCC1CNc1cccc(S(N)(=O)=O)c1N. The Morgan fingerprint density at radius 1 is 1.37 bits per heavy atom. The van der Waals surface area contributed by atoms with Crippen LogP contribution in [0.15, 0.2) is 23.1 Å². The van der Waals surface area contributed by atoms with Gasteiger partial charge in [0.15, 0.2) is 0 Å². The van der Waals surface area contributed by atoms with Crippen LogP contribution in [-0.2, 0) is 10.0 Å². The van der Waals surface area contributed by atoms with E-state index < -0.39 is 10.0 Å². The fourth-order valence-electron chi connectivity index (χ4n) is 2.71. The monoisotopic (exact) mass is 283 g/mol. The second-order valence-corrected chi connectivity index (χ2v) is 6.84. The molecule has 2 atom stereocenters. The zero-order valence-electron chi connectivity index (χ0n) is 11.1. The highest BCUT2D eigenvalue weighted by Crippen LogP contribution is 2.32. The summed E-state index contributed by atoms with van der Waals surface area (Å²) in [4.78, 5) is -0.0167. The number of hydrogen-bond donors (Lipinski definition) is 3. The highest BCUT2D eigenvalue weighted by atomic mass is 32.2. The number of nitrogen functional groups attached to an aromatic ring is 1.